The van der Waals surface area contributed by atoms with Gasteiger partial charge in [-0.15, -0.1) is 0 Å². The predicted octanol–water partition coefficient (Wildman–Crippen LogP) is 15.8. The van der Waals surface area contributed by atoms with Crippen molar-refractivity contribution in [3.63, 3.8) is 0 Å². The van der Waals surface area contributed by atoms with Gasteiger partial charge >= 0.3 is 0 Å². The maximum Gasteiger partial charge on any atom is -0.0533 e. The fourth-order valence-electron chi connectivity index (χ4n) is 3.80. The third-order valence-corrected chi connectivity index (χ3v) is 6.12. The first-order chi connectivity index (χ1) is 16.2. The second-order valence-corrected chi connectivity index (χ2v) is 9.72. The van der Waals surface area contributed by atoms with Crippen LogP contribution in [0.4, 0.5) is 0 Å². The number of hydrogen-bond donors (Lipinski definition) is 0. The minimum Gasteiger partial charge on any atom is -0.0776 e. The van der Waals surface area contributed by atoms with Crippen LogP contribution in [0.1, 0.15) is 238 Å². The average Bonchev–Trinajstić information content (AvgIpc) is 2.85. The predicted molar refractivity (Wildman–Crippen MR) is 181 cm³/mol. The third-order valence-electron chi connectivity index (χ3n) is 6.12. The van der Waals surface area contributed by atoms with Gasteiger partial charge in [-0.25, -0.2) is 0 Å². The Morgan fingerprint density at radius 3 is 0.389 bits per heavy atom. The van der Waals surface area contributed by atoms with E-state index >= 15 is 0 Å². The van der Waals surface area contributed by atoms with Crippen LogP contribution in [-0.2, 0) is 0 Å². The molecule has 0 heteroatoms. The lowest BCUT2D eigenvalue weighted by Gasteiger charge is -2.01. The highest BCUT2D eigenvalue weighted by Gasteiger charge is 1.92. The summed E-state index contributed by atoms with van der Waals surface area (Å²) in [5.41, 5.74) is 0. The molecule has 0 aliphatic carbocycles. The van der Waals surface area contributed by atoms with Crippen LogP contribution in [0.5, 0.6) is 0 Å². The Labute approximate surface area is 238 Å². The zero-order valence-corrected chi connectivity index (χ0v) is 25.7. The molecule has 0 fully saturated rings. The van der Waals surface area contributed by atoms with E-state index in [-0.39, 0.29) is 22.3 Å². The van der Waals surface area contributed by atoms with Crippen LogP contribution in [0.15, 0.2) is 0 Å². The Kier molecular flexibility index (Phi) is 94.3. The van der Waals surface area contributed by atoms with E-state index in [1.165, 1.54) is 161 Å². The lowest BCUT2D eigenvalue weighted by molar-refractivity contribution is 0.542. The van der Waals surface area contributed by atoms with E-state index < -0.39 is 0 Å². The minimum atomic E-state index is 0. The maximum absolute atomic E-state index is 2.29. The first kappa shape index (κ1) is 52.4. The molecule has 0 saturated heterocycles. The highest BCUT2D eigenvalue weighted by molar-refractivity contribution is 4.48. The summed E-state index contributed by atoms with van der Waals surface area (Å²) in [5.74, 6) is 0. The second kappa shape index (κ2) is 64.7. The number of hydrogen-bond acceptors (Lipinski definition) is 0. The fraction of sp³-hybridized carbons (Fsp3) is 1.00. The van der Waals surface area contributed by atoms with E-state index in [9.17, 15) is 0 Å². The molecule has 0 unspecified atom stereocenters. The van der Waals surface area contributed by atoms with E-state index in [0.717, 1.165) is 0 Å². The molecule has 0 aromatic rings. The second-order valence-electron chi connectivity index (χ2n) is 9.72. The van der Waals surface area contributed by atoms with Crippen LogP contribution in [0.2, 0.25) is 0 Å². The number of rotatable bonds is 22. The molecule has 230 valence electrons. The Hall–Kier alpha value is 0. The van der Waals surface area contributed by atoms with Crippen LogP contribution in [-0.4, -0.2) is 0 Å². The van der Waals surface area contributed by atoms with Gasteiger partial charge in [-0.2, -0.15) is 0 Å². The van der Waals surface area contributed by atoms with Gasteiger partial charge in [0.15, 0.2) is 0 Å². The standard InChI is InChI=1S/C15H32.C9H20.C7H16.C2H6.3CH4/c1-3-5-7-9-11-13-15-14-12-10-8-6-4-2;1-3-5-7-9-8-6-4-2;1-3-5-7-6-4-2;1-2;;;/h3-15H2,1-2H3;3-9H2,1-2H3;3-7H2,1-2H3;1-2H3;3*1H4. The van der Waals surface area contributed by atoms with Gasteiger partial charge in [-0.3, -0.25) is 0 Å². The molecule has 0 saturated carbocycles. The molecule has 36 heavy (non-hydrogen) atoms. The Balaban J connectivity index is -0.0000000696. The third kappa shape index (κ3) is 76.5. The average molecular weight is 519 g/mol. The van der Waals surface area contributed by atoms with Crippen LogP contribution in [0, 0.1) is 0 Å². The molecule has 0 aliphatic rings. The van der Waals surface area contributed by atoms with Crippen LogP contribution in [0.3, 0.4) is 0 Å². The Morgan fingerprint density at radius 2 is 0.278 bits per heavy atom. The van der Waals surface area contributed by atoms with Gasteiger partial charge in [0, 0.05) is 0 Å². The molecule has 0 aromatic heterocycles. The molecule has 0 spiro atoms. The summed E-state index contributed by atoms with van der Waals surface area (Å²) < 4.78 is 0. The molecule has 0 aliphatic heterocycles. The van der Waals surface area contributed by atoms with E-state index in [1.807, 2.05) is 13.8 Å². The Bertz CT molecular complexity index is 210. The van der Waals surface area contributed by atoms with Crippen molar-refractivity contribution in [1.29, 1.82) is 0 Å². The highest BCUT2D eigenvalue weighted by Crippen LogP contribution is 2.12. The topological polar surface area (TPSA) is 0 Å². The molecule has 0 radical (unpaired) electrons. The summed E-state index contributed by atoms with van der Waals surface area (Å²) in [6.45, 7) is 17.6. The Morgan fingerprint density at radius 1 is 0.194 bits per heavy atom. The molecule has 0 aromatic carbocycles. The summed E-state index contributed by atoms with van der Waals surface area (Å²) in [7, 11) is 0. The minimum absolute atomic E-state index is 0. The molecule has 0 amide bonds. The first-order valence-corrected chi connectivity index (χ1v) is 16.2. The zero-order valence-electron chi connectivity index (χ0n) is 25.7. The van der Waals surface area contributed by atoms with Crippen LogP contribution >= 0.6 is 0 Å². The van der Waals surface area contributed by atoms with Gasteiger partial charge in [-0.1, -0.05) is 238 Å². The summed E-state index contributed by atoms with van der Waals surface area (Å²) in [6, 6.07) is 0. The summed E-state index contributed by atoms with van der Waals surface area (Å²) >= 11 is 0. The van der Waals surface area contributed by atoms with Crippen molar-refractivity contribution in [2.75, 3.05) is 0 Å². The van der Waals surface area contributed by atoms with Crippen LogP contribution < -0.4 is 0 Å². The molecule has 0 N–H and O–H groups in total. The van der Waals surface area contributed by atoms with Gasteiger partial charge in [0.1, 0.15) is 0 Å². The lowest BCUT2D eigenvalue weighted by Crippen LogP contribution is -1.82. The quantitative estimate of drug-likeness (QED) is 0.125. The molecule has 0 nitrogen and oxygen atoms in total. The first-order valence-electron chi connectivity index (χ1n) is 16.2. The van der Waals surface area contributed by atoms with Crippen molar-refractivity contribution >= 4 is 0 Å². The van der Waals surface area contributed by atoms with E-state index in [2.05, 4.69) is 41.5 Å². The van der Waals surface area contributed by atoms with Crippen molar-refractivity contribution in [3.05, 3.63) is 0 Å². The van der Waals surface area contributed by atoms with Gasteiger partial charge in [0.05, 0.1) is 0 Å². The van der Waals surface area contributed by atoms with Crippen molar-refractivity contribution < 1.29 is 0 Å². The molecule has 0 rings (SSSR count). The largest absolute Gasteiger partial charge is 0.0776 e. The normalized spacial score (nSPS) is 9.00. The molecule has 0 heterocycles. The van der Waals surface area contributed by atoms with Crippen molar-refractivity contribution in [3.8, 4) is 0 Å². The SMILES string of the molecule is C.C.C.CC.CCCCCCC.CCCCCCCCC.CCCCCCCCCCCCCCC. The van der Waals surface area contributed by atoms with E-state index in [1.54, 1.807) is 0 Å². The van der Waals surface area contributed by atoms with Crippen LogP contribution in [0.25, 0.3) is 0 Å². The lowest BCUT2D eigenvalue weighted by atomic mass is 10.1. The monoisotopic (exact) mass is 519 g/mol. The molecular formula is C36H86. The zero-order chi connectivity index (χ0) is 25.7. The van der Waals surface area contributed by atoms with Crippen molar-refractivity contribution in [2.45, 2.75) is 238 Å². The summed E-state index contributed by atoms with van der Waals surface area (Å²) in [5, 5.41) is 0. The smallest absolute Gasteiger partial charge is 0.0533 e. The highest BCUT2D eigenvalue weighted by atomic mass is 14.0. The van der Waals surface area contributed by atoms with Gasteiger partial charge in [0.2, 0.25) is 0 Å². The number of unbranched alkanes of at least 4 members (excludes halogenated alkanes) is 22. The van der Waals surface area contributed by atoms with Gasteiger partial charge in [-0.05, 0) is 0 Å². The summed E-state index contributed by atoms with van der Waals surface area (Å²) in [4.78, 5) is 0. The maximum atomic E-state index is 2.29. The van der Waals surface area contributed by atoms with Crippen molar-refractivity contribution in [1.82, 2.24) is 0 Å². The molecule has 0 atom stereocenters. The van der Waals surface area contributed by atoms with Gasteiger partial charge < -0.3 is 0 Å². The van der Waals surface area contributed by atoms with Crippen molar-refractivity contribution in [2.24, 2.45) is 0 Å². The molecule has 0 bridgehead atoms. The van der Waals surface area contributed by atoms with E-state index in [0.29, 0.717) is 0 Å². The fourth-order valence-corrected chi connectivity index (χ4v) is 3.80. The van der Waals surface area contributed by atoms with E-state index in [4.69, 9.17) is 0 Å². The molecular weight excluding hydrogens is 432 g/mol. The summed E-state index contributed by atoms with van der Waals surface area (Å²) in [6.07, 6.45) is 35.9. The van der Waals surface area contributed by atoms with Gasteiger partial charge in [0.25, 0.3) is 0 Å².